The monoisotopic (exact) mass is 251 g/mol. The molecule has 1 fully saturated rings. The summed E-state index contributed by atoms with van der Waals surface area (Å²) in [5.41, 5.74) is 10.1. The van der Waals surface area contributed by atoms with Crippen molar-refractivity contribution in [3.05, 3.63) is 17.0 Å². The third-order valence-electron chi connectivity index (χ3n) is 3.86. The molecule has 1 aromatic rings. The number of nitrogens with two attached hydrogens (primary N) is 1. The third kappa shape index (κ3) is 2.31. The number of aromatic nitrogens is 2. The summed E-state index contributed by atoms with van der Waals surface area (Å²) in [5, 5.41) is 4.81. The van der Waals surface area contributed by atoms with Crippen LogP contribution in [0.25, 0.3) is 0 Å². The smallest absolute Gasteiger partial charge is 0.0777 e. The van der Waals surface area contributed by atoms with Crippen molar-refractivity contribution < 1.29 is 4.74 Å². The van der Waals surface area contributed by atoms with Crippen LogP contribution >= 0.6 is 0 Å². The molecule has 0 aromatic carbocycles. The van der Waals surface area contributed by atoms with Gasteiger partial charge in [0.1, 0.15) is 0 Å². The van der Waals surface area contributed by atoms with Crippen LogP contribution in [0.2, 0.25) is 0 Å². The second-order valence-corrected chi connectivity index (χ2v) is 4.99. The fourth-order valence-corrected chi connectivity index (χ4v) is 2.80. The molecule has 2 unspecified atom stereocenters. The molecule has 2 atom stereocenters. The van der Waals surface area contributed by atoms with Crippen molar-refractivity contribution in [3.63, 3.8) is 0 Å². The van der Waals surface area contributed by atoms with Crippen molar-refractivity contribution in [1.82, 2.24) is 9.78 Å². The van der Waals surface area contributed by atoms with E-state index < -0.39 is 0 Å². The topological polar surface area (TPSA) is 53.1 Å². The number of ether oxygens (including phenoxy) is 1. The van der Waals surface area contributed by atoms with Gasteiger partial charge in [-0.2, -0.15) is 5.10 Å². The molecule has 2 rings (SSSR count). The van der Waals surface area contributed by atoms with Crippen molar-refractivity contribution in [2.45, 2.75) is 58.5 Å². The minimum absolute atomic E-state index is 0.117. The van der Waals surface area contributed by atoms with Crippen LogP contribution in [-0.2, 0) is 17.6 Å². The first-order valence-corrected chi connectivity index (χ1v) is 7.16. The maximum Gasteiger partial charge on any atom is 0.0777 e. The Morgan fingerprint density at radius 1 is 1.39 bits per heavy atom. The fraction of sp³-hybridized carbons (Fsp3) is 0.786. The standard InChI is InChI=1S/C14H25N3O/c1-4-11(15)14-12(5-2)16-17(13(14)6-3)10-7-8-18-9-10/h10-11H,4-9,15H2,1-3H3. The molecule has 2 heterocycles. The van der Waals surface area contributed by atoms with Crippen LogP contribution in [0.1, 0.15) is 62.6 Å². The molecule has 0 aliphatic carbocycles. The van der Waals surface area contributed by atoms with E-state index in [1.165, 1.54) is 17.0 Å². The van der Waals surface area contributed by atoms with Crippen LogP contribution < -0.4 is 5.73 Å². The zero-order valence-electron chi connectivity index (χ0n) is 11.8. The van der Waals surface area contributed by atoms with Crippen molar-refractivity contribution in [3.8, 4) is 0 Å². The molecule has 0 radical (unpaired) electrons. The second-order valence-electron chi connectivity index (χ2n) is 4.99. The van der Waals surface area contributed by atoms with Gasteiger partial charge in [0.05, 0.1) is 18.3 Å². The first-order chi connectivity index (χ1) is 8.72. The maximum absolute atomic E-state index is 6.27. The summed E-state index contributed by atoms with van der Waals surface area (Å²) in [5.74, 6) is 0. The summed E-state index contributed by atoms with van der Waals surface area (Å²) in [4.78, 5) is 0. The van der Waals surface area contributed by atoms with Gasteiger partial charge in [0.2, 0.25) is 0 Å². The van der Waals surface area contributed by atoms with E-state index in [4.69, 9.17) is 15.6 Å². The molecule has 1 aliphatic heterocycles. The Kier molecular flexibility index (Phi) is 4.40. The van der Waals surface area contributed by atoms with Crippen LogP contribution in [0.5, 0.6) is 0 Å². The normalized spacial score (nSPS) is 21.4. The molecule has 1 aromatic heterocycles. The molecular weight excluding hydrogens is 226 g/mol. The van der Waals surface area contributed by atoms with Crippen LogP contribution in [0, 0.1) is 0 Å². The molecule has 1 aliphatic rings. The molecule has 4 nitrogen and oxygen atoms in total. The highest BCUT2D eigenvalue weighted by Gasteiger charge is 2.26. The van der Waals surface area contributed by atoms with E-state index in [9.17, 15) is 0 Å². The van der Waals surface area contributed by atoms with Gasteiger partial charge >= 0.3 is 0 Å². The Bertz CT molecular complexity index is 394. The lowest BCUT2D eigenvalue weighted by Crippen LogP contribution is -2.16. The van der Waals surface area contributed by atoms with Crippen molar-refractivity contribution in [1.29, 1.82) is 0 Å². The average molecular weight is 251 g/mol. The van der Waals surface area contributed by atoms with Gasteiger partial charge in [-0.25, -0.2) is 0 Å². The lowest BCUT2D eigenvalue weighted by molar-refractivity contribution is 0.184. The van der Waals surface area contributed by atoms with E-state index in [-0.39, 0.29) is 6.04 Å². The second kappa shape index (κ2) is 5.85. The highest BCUT2D eigenvalue weighted by molar-refractivity contribution is 5.30. The lowest BCUT2D eigenvalue weighted by Gasteiger charge is -2.15. The third-order valence-corrected chi connectivity index (χ3v) is 3.86. The molecule has 18 heavy (non-hydrogen) atoms. The van der Waals surface area contributed by atoms with Gasteiger partial charge in [-0.05, 0) is 25.7 Å². The number of hydrogen-bond donors (Lipinski definition) is 1. The summed E-state index contributed by atoms with van der Waals surface area (Å²) < 4.78 is 7.68. The highest BCUT2D eigenvalue weighted by Crippen LogP contribution is 2.29. The van der Waals surface area contributed by atoms with Gasteiger partial charge in [-0.1, -0.05) is 20.8 Å². The minimum atomic E-state index is 0.117. The summed E-state index contributed by atoms with van der Waals surface area (Å²) in [6, 6.07) is 0.522. The quantitative estimate of drug-likeness (QED) is 0.874. The Morgan fingerprint density at radius 3 is 2.67 bits per heavy atom. The van der Waals surface area contributed by atoms with Crippen molar-refractivity contribution in [2.75, 3.05) is 13.2 Å². The summed E-state index contributed by atoms with van der Waals surface area (Å²) in [6.45, 7) is 8.13. The molecule has 0 bridgehead atoms. The molecule has 0 saturated carbocycles. The molecule has 102 valence electrons. The van der Waals surface area contributed by atoms with Crippen molar-refractivity contribution >= 4 is 0 Å². The number of rotatable bonds is 5. The predicted octanol–water partition coefficient (Wildman–Crippen LogP) is 2.38. The van der Waals surface area contributed by atoms with Crippen molar-refractivity contribution in [2.24, 2.45) is 5.73 Å². The number of aryl methyl sites for hydroxylation is 1. The fourth-order valence-electron chi connectivity index (χ4n) is 2.80. The molecule has 2 N–H and O–H groups in total. The van der Waals surface area contributed by atoms with Gasteiger partial charge in [0.25, 0.3) is 0 Å². The van der Waals surface area contributed by atoms with Gasteiger partial charge in [-0.3, -0.25) is 4.68 Å². The minimum Gasteiger partial charge on any atom is -0.379 e. The van der Waals surface area contributed by atoms with Crippen LogP contribution in [-0.4, -0.2) is 23.0 Å². The summed E-state index contributed by atoms with van der Waals surface area (Å²) >= 11 is 0. The van der Waals surface area contributed by atoms with E-state index in [0.29, 0.717) is 6.04 Å². The Labute approximate surface area is 110 Å². The molecular formula is C14H25N3O. The number of hydrogen-bond acceptors (Lipinski definition) is 3. The zero-order valence-corrected chi connectivity index (χ0v) is 11.8. The predicted molar refractivity (Wildman–Crippen MR) is 72.7 cm³/mol. The van der Waals surface area contributed by atoms with Gasteiger partial charge < -0.3 is 10.5 Å². The lowest BCUT2D eigenvalue weighted by atomic mass is 10.00. The first kappa shape index (κ1) is 13.6. The zero-order chi connectivity index (χ0) is 13.1. The van der Waals surface area contributed by atoms with Gasteiger partial charge in [0.15, 0.2) is 0 Å². The van der Waals surface area contributed by atoms with Gasteiger partial charge in [0, 0.05) is 23.9 Å². The number of nitrogens with zero attached hydrogens (tertiary/aromatic N) is 2. The van der Waals surface area contributed by atoms with E-state index in [0.717, 1.165) is 38.9 Å². The van der Waals surface area contributed by atoms with E-state index >= 15 is 0 Å². The molecule has 1 saturated heterocycles. The molecule has 4 heteroatoms. The average Bonchev–Trinajstić information content (AvgIpc) is 3.03. The SMILES string of the molecule is CCc1nn(C2CCOC2)c(CC)c1C(N)CC. The summed E-state index contributed by atoms with van der Waals surface area (Å²) in [6.07, 6.45) is 3.98. The van der Waals surface area contributed by atoms with Crippen LogP contribution in [0.4, 0.5) is 0 Å². The molecule has 0 spiro atoms. The maximum atomic E-state index is 6.27. The van der Waals surface area contributed by atoms with E-state index in [2.05, 4.69) is 25.5 Å². The Balaban J connectivity index is 2.43. The van der Waals surface area contributed by atoms with Gasteiger partial charge in [-0.15, -0.1) is 0 Å². The Hall–Kier alpha value is -0.870. The summed E-state index contributed by atoms with van der Waals surface area (Å²) in [7, 11) is 0. The highest BCUT2D eigenvalue weighted by atomic mass is 16.5. The molecule has 0 amide bonds. The van der Waals surface area contributed by atoms with Crippen LogP contribution in [0.3, 0.4) is 0 Å². The Morgan fingerprint density at radius 2 is 2.17 bits per heavy atom. The van der Waals surface area contributed by atoms with Crippen LogP contribution in [0.15, 0.2) is 0 Å². The van der Waals surface area contributed by atoms with E-state index in [1.807, 2.05) is 0 Å². The first-order valence-electron chi connectivity index (χ1n) is 7.16. The largest absolute Gasteiger partial charge is 0.379 e. The van der Waals surface area contributed by atoms with E-state index in [1.54, 1.807) is 0 Å².